The molecule has 0 fully saturated rings. The molecule has 0 unspecified atom stereocenters. The molecule has 0 heterocycles. The monoisotopic (exact) mass is 126 g/mol. The van der Waals surface area contributed by atoms with Gasteiger partial charge >= 0.3 is 23.1 Å². The van der Waals surface area contributed by atoms with Gasteiger partial charge in [-0.3, -0.25) is 0 Å². The Morgan fingerprint density at radius 1 is 1.38 bits per heavy atom. The van der Waals surface area contributed by atoms with Crippen LogP contribution in [0.15, 0.2) is 0 Å². The molecule has 0 rings (SSSR count). The molecule has 0 amide bonds. The Morgan fingerprint density at radius 3 is 2.00 bits per heavy atom. The van der Waals surface area contributed by atoms with Crippen molar-refractivity contribution in [1.29, 1.82) is 0 Å². The van der Waals surface area contributed by atoms with Crippen molar-refractivity contribution in [2.45, 2.75) is 32.5 Å². The Bertz CT molecular complexity index is 39.4. The van der Waals surface area contributed by atoms with E-state index < -0.39 is 6.29 Å². The second-order valence-corrected chi connectivity index (χ2v) is 1.57. The van der Waals surface area contributed by atoms with Gasteiger partial charge in [0.1, 0.15) is 0 Å². The molecule has 0 N–H and O–H groups in total. The molecule has 0 spiro atoms. The summed E-state index contributed by atoms with van der Waals surface area (Å²) in [6.45, 7) is 1.96. The molecule has 44 valence electrons. The molecule has 0 aromatic carbocycles. The van der Waals surface area contributed by atoms with Gasteiger partial charge in [-0.25, -0.2) is 6.29 Å². The average molecular weight is 126 g/mol. The largest absolute Gasteiger partial charge is 2.00 e. The van der Waals surface area contributed by atoms with Gasteiger partial charge in [0.05, 0.1) is 0 Å². The predicted molar refractivity (Wildman–Crippen MR) is 29.1 cm³/mol. The van der Waals surface area contributed by atoms with Crippen LogP contribution in [0.4, 0.5) is 0 Å². The molecule has 0 aliphatic rings. The first-order valence-corrected chi connectivity index (χ1v) is 2.59. The van der Waals surface area contributed by atoms with Crippen LogP contribution in [0.2, 0.25) is 0 Å². The van der Waals surface area contributed by atoms with Gasteiger partial charge in [-0.1, -0.05) is 26.2 Å². The van der Waals surface area contributed by atoms with E-state index in [-0.39, 0.29) is 29.5 Å². The topological polar surface area (TPSA) is 46.1 Å². The van der Waals surface area contributed by atoms with Crippen LogP contribution < -0.4 is 10.2 Å². The summed E-state index contributed by atoms with van der Waals surface area (Å²) in [7, 11) is 0. The van der Waals surface area contributed by atoms with Crippen LogP contribution in [0, 0.1) is 0 Å². The first-order valence-electron chi connectivity index (χ1n) is 2.59. The van der Waals surface area contributed by atoms with Gasteiger partial charge in [-0.2, -0.15) is 0 Å². The Hall–Kier alpha value is 0.686. The molecule has 0 radical (unpaired) electrons. The second kappa shape index (κ2) is 7.69. The Labute approximate surface area is 66.1 Å². The normalized spacial score (nSPS) is 9.00. The van der Waals surface area contributed by atoms with Crippen molar-refractivity contribution >= 4 is 23.1 Å². The fourth-order valence-corrected chi connectivity index (χ4v) is 0.371. The maximum absolute atomic E-state index is 9.73. The summed E-state index contributed by atoms with van der Waals surface area (Å²) in [5, 5.41) is 19.5. The van der Waals surface area contributed by atoms with E-state index in [0.29, 0.717) is 0 Å². The molecule has 0 saturated heterocycles. The smallest absolute Gasteiger partial charge is 0.865 e. The molecule has 8 heavy (non-hydrogen) atoms. The number of rotatable bonds is 3. The number of hydrogen-bond donors (Lipinski definition) is 0. The van der Waals surface area contributed by atoms with E-state index in [2.05, 4.69) is 0 Å². The average Bonchev–Trinajstić information content (AvgIpc) is 1.61. The summed E-state index contributed by atoms with van der Waals surface area (Å²) < 4.78 is 0. The zero-order chi connectivity index (χ0) is 5.70. The van der Waals surface area contributed by atoms with Gasteiger partial charge in [0.15, 0.2) is 0 Å². The van der Waals surface area contributed by atoms with E-state index >= 15 is 0 Å². The van der Waals surface area contributed by atoms with Crippen molar-refractivity contribution < 1.29 is 10.2 Å². The predicted octanol–water partition coefficient (Wildman–Crippen LogP) is -1.16. The zero-order valence-electron chi connectivity index (χ0n) is 5.22. The summed E-state index contributed by atoms with van der Waals surface area (Å²) in [4.78, 5) is 0. The van der Waals surface area contributed by atoms with E-state index in [0.717, 1.165) is 12.8 Å². The summed E-state index contributed by atoms with van der Waals surface area (Å²) in [6, 6.07) is 0. The van der Waals surface area contributed by atoms with Crippen LogP contribution in [0.1, 0.15) is 26.2 Å². The maximum atomic E-state index is 9.73. The van der Waals surface area contributed by atoms with E-state index in [9.17, 15) is 10.2 Å². The van der Waals surface area contributed by atoms with Crippen molar-refractivity contribution in [1.82, 2.24) is 0 Å². The van der Waals surface area contributed by atoms with Crippen molar-refractivity contribution in [2.75, 3.05) is 0 Å². The molecule has 0 aromatic rings. The standard InChI is InChI=1S/C5H10O2.Mg/c1-2-3-4-5(6)7;/h5H,2-4H2,1H3;/q-2;+2. The van der Waals surface area contributed by atoms with Crippen LogP contribution >= 0.6 is 0 Å². The summed E-state index contributed by atoms with van der Waals surface area (Å²) in [6.07, 6.45) is 0.412. The van der Waals surface area contributed by atoms with Gasteiger partial charge in [0.25, 0.3) is 0 Å². The van der Waals surface area contributed by atoms with Gasteiger partial charge in [-0.05, 0) is 0 Å². The van der Waals surface area contributed by atoms with E-state index in [1.54, 1.807) is 0 Å². The Kier molecular flexibility index (Phi) is 11.0. The van der Waals surface area contributed by atoms with E-state index in [1.165, 1.54) is 0 Å². The fraction of sp³-hybridized carbons (Fsp3) is 1.00. The van der Waals surface area contributed by atoms with Crippen LogP contribution in [-0.4, -0.2) is 29.3 Å². The minimum atomic E-state index is -1.60. The summed E-state index contributed by atoms with van der Waals surface area (Å²) in [5.74, 6) is 0. The second-order valence-electron chi connectivity index (χ2n) is 1.57. The van der Waals surface area contributed by atoms with Crippen LogP contribution in [-0.2, 0) is 0 Å². The quantitative estimate of drug-likeness (QED) is 0.354. The van der Waals surface area contributed by atoms with Gasteiger partial charge in [0.2, 0.25) is 0 Å². The molecule has 2 nitrogen and oxygen atoms in total. The first-order chi connectivity index (χ1) is 3.27. The summed E-state index contributed by atoms with van der Waals surface area (Å²) in [5.41, 5.74) is 0. The molecule has 0 aliphatic heterocycles. The number of hydrogen-bond acceptors (Lipinski definition) is 2. The zero-order valence-corrected chi connectivity index (χ0v) is 6.64. The minimum absolute atomic E-state index is 0. The third kappa shape index (κ3) is 9.84. The Morgan fingerprint density at radius 2 is 1.88 bits per heavy atom. The van der Waals surface area contributed by atoms with Crippen molar-refractivity contribution in [3.8, 4) is 0 Å². The van der Waals surface area contributed by atoms with E-state index in [1.807, 2.05) is 6.92 Å². The van der Waals surface area contributed by atoms with E-state index in [4.69, 9.17) is 0 Å². The third-order valence-corrected chi connectivity index (χ3v) is 0.793. The van der Waals surface area contributed by atoms with Gasteiger partial charge in [-0.15, -0.1) is 0 Å². The first kappa shape index (κ1) is 11.5. The fourth-order valence-electron chi connectivity index (χ4n) is 0.371. The molecular formula is C5H10MgO2. The van der Waals surface area contributed by atoms with Crippen LogP contribution in [0.25, 0.3) is 0 Å². The SMILES string of the molecule is CCCCC([O-])[O-].[Mg+2]. The van der Waals surface area contributed by atoms with Crippen LogP contribution in [0.3, 0.4) is 0 Å². The van der Waals surface area contributed by atoms with Crippen molar-refractivity contribution in [2.24, 2.45) is 0 Å². The minimum Gasteiger partial charge on any atom is -0.865 e. The molecule has 0 aliphatic carbocycles. The van der Waals surface area contributed by atoms with Gasteiger partial charge < -0.3 is 10.2 Å². The van der Waals surface area contributed by atoms with Crippen molar-refractivity contribution in [3.05, 3.63) is 0 Å². The van der Waals surface area contributed by atoms with Crippen LogP contribution in [0.5, 0.6) is 0 Å². The number of unbranched alkanes of at least 4 members (excludes halogenated alkanes) is 1. The molecule has 0 aromatic heterocycles. The molecule has 0 atom stereocenters. The maximum Gasteiger partial charge on any atom is 2.00 e. The Balaban J connectivity index is 0. The third-order valence-electron chi connectivity index (χ3n) is 0.793. The van der Waals surface area contributed by atoms with Crippen molar-refractivity contribution in [3.63, 3.8) is 0 Å². The molecule has 3 heteroatoms. The summed E-state index contributed by atoms with van der Waals surface area (Å²) >= 11 is 0. The van der Waals surface area contributed by atoms with Gasteiger partial charge in [0, 0.05) is 0 Å². The molecular weight excluding hydrogens is 116 g/mol. The molecule has 0 bridgehead atoms. The molecule has 0 saturated carbocycles.